The number of carbonyl (C=O) groups is 2. The number of aryl methyl sites for hydroxylation is 1. The molecule has 0 radical (unpaired) electrons. The van der Waals surface area contributed by atoms with Crippen molar-refractivity contribution in [1.82, 2.24) is 19.7 Å². The number of fused-ring (bicyclic) bond motifs is 1. The SMILES string of the molecule is Cc1nc(C(=O)N2[C@@H]3CCCC[C@@H]3C[C@H]2C(=O)O)nn1-c1ccc(Cl)cc1. The molecule has 1 amide bonds. The Morgan fingerprint density at radius 1 is 1.19 bits per heavy atom. The molecule has 2 aromatic rings. The van der Waals surface area contributed by atoms with E-state index in [2.05, 4.69) is 10.1 Å². The average molecular weight is 389 g/mol. The Labute approximate surface area is 161 Å². The number of halogens is 1. The molecule has 4 rings (SSSR count). The number of nitrogens with zero attached hydrogens (tertiary/aromatic N) is 4. The van der Waals surface area contributed by atoms with Gasteiger partial charge in [0.1, 0.15) is 11.9 Å². The molecule has 0 unspecified atom stereocenters. The second-order valence-corrected chi connectivity index (χ2v) is 7.72. The fourth-order valence-electron chi connectivity index (χ4n) is 4.40. The first-order valence-corrected chi connectivity index (χ1v) is 9.58. The topological polar surface area (TPSA) is 88.3 Å². The number of carboxylic acids is 1. The second-order valence-electron chi connectivity index (χ2n) is 7.28. The molecule has 1 N–H and O–H groups in total. The molecule has 1 aromatic heterocycles. The van der Waals surface area contributed by atoms with Gasteiger partial charge >= 0.3 is 5.97 Å². The zero-order valence-corrected chi connectivity index (χ0v) is 15.8. The maximum atomic E-state index is 13.2. The van der Waals surface area contributed by atoms with Crippen LogP contribution < -0.4 is 0 Å². The Hall–Kier alpha value is -2.41. The smallest absolute Gasteiger partial charge is 0.326 e. The van der Waals surface area contributed by atoms with Crippen LogP contribution in [0, 0.1) is 12.8 Å². The summed E-state index contributed by atoms with van der Waals surface area (Å²) in [5.41, 5.74) is 0.746. The zero-order valence-electron chi connectivity index (χ0n) is 15.0. The van der Waals surface area contributed by atoms with Crippen molar-refractivity contribution >= 4 is 23.5 Å². The number of amides is 1. The number of hydrogen-bond acceptors (Lipinski definition) is 4. The fourth-order valence-corrected chi connectivity index (χ4v) is 4.52. The van der Waals surface area contributed by atoms with Gasteiger partial charge in [-0.1, -0.05) is 24.4 Å². The number of carbonyl (C=O) groups excluding carboxylic acids is 1. The quantitative estimate of drug-likeness (QED) is 0.872. The zero-order chi connectivity index (χ0) is 19.1. The summed E-state index contributed by atoms with van der Waals surface area (Å²) in [5.74, 6) is -0.491. The molecular weight excluding hydrogens is 368 g/mol. The number of likely N-dealkylation sites (tertiary alicyclic amines) is 1. The molecule has 2 heterocycles. The molecule has 142 valence electrons. The normalized spacial score (nSPS) is 24.7. The van der Waals surface area contributed by atoms with E-state index in [1.807, 2.05) is 0 Å². The van der Waals surface area contributed by atoms with Gasteiger partial charge in [0.25, 0.3) is 5.91 Å². The van der Waals surface area contributed by atoms with Gasteiger partial charge in [0.05, 0.1) is 5.69 Å². The Kier molecular flexibility index (Phi) is 4.63. The lowest BCUT2D eigenvalue weighted by Crippen LogP contribution is -2.46. The summed E-state index contributed by atoms with van der Waals surface area (Å²) in [6.45, 7) is 1.76. The minimum Gasteiger partial charge on any atom is -0.480 e. The van der Waals surface area contributed by atoms with Gasteiger partial charge in [0.2, 0.25) is 5.82 Å². The number of hydrogen-bond donors (Lipinski definition) is 1. The van der Waals surface area contributed by atoms with Crippen LogP contribution in [0.5, 0.6) is 0 Å². The van der Waals surface area contributed by atoms with E-state index < -0.39 is 17.9 Å². The van der Waals surface area contributed by atoms with E-state index in [1.165, 1.54) is 4.90 Å². The van der Waals surface area contributed by atoms with Gasteiger partial charge in [0, 0.05) is 11.1 Å². The first kappa shape index (κ1) is 18.0. The molecule has 2 aliphatic rings. The highest BCUT2D eigenvalue weighted by Gasteiger charge is 2.48. The molecule has 1 saturated carbocycles. The van der Waals surface area contributed by atoms with E-state index in [-0.39, 0.29) is 17.8 Å². The highest BCUT2D eigenvalue weighted by atomic mass is 35.5. The van der Waals surface area contributed by atoms with E-state index in [9.17, 15) is 14.7 Å². The van der Waals surface area contributed by atoms with Gasteiger partial charge in [-0.25, -0.2) is 14.5 Å². The van der Waals surface area contributed by atoms with Crippen molar-refractivity contribution in [3.63, 3.8) is 0 Å². The van der Waals surface area contributed by atoms with Gasteiger partial charge in [-0.3, -0.25) is 4.79 Å². The molecule has 0 spiro atoms. The Bertz CT molecular complexity index is 880. The van der Waals surface area contributed by atoms with Crippen LogP contribution in [0.3, 0.4) is 0 Å². The number of aromatic nitrogens is 3. The van der Waals surface area contributed by atoms with Crippen LogP contribution in [0.2, 0.25) is 5.02 Å². The molecular formula is C19H21ClN4O3. The van der Waals surface area contributed by atoms with Crippen LogP contribution in [-0.4, -0.2) is 48.7 Å². The number of aliphatic carboxylic acids is 1. The molecule has 27 heavy (non-hydrogen) atoms. The van der Waals surface area contributed by atoms with Gasteiger partial charge in [-0.15, -0.1) is 5.10 Å². The Morgan fingerprint density at radius 3 is 2.59 bits per heavy atom. The van der Waals surface area contributed by atoms with E-state index in [0.717, 1.165) is 31.4 Å². The first-order valence-electron chi connectivity index (χ1n) is 9.21. The summed E-state index contributed by atoms with van der Waals surface area (Å²) < 4.78 is 1.58. The van der Waals surface area contributed by atoms with Crippen LogP contribution in [0.4, 0.5) is 0 Å². The molecule has 2 fully saturated rings. The predicted molar refractivity (Wildman–Crippen MR) is 99.1 cm³/mol. The van der Waals surface area contributed by atoms with Crippen molar-refractivity contribution < 1.29 is 14.7 Å². The molecule has 1 saturated heterocycles. The lowest BCUT2D eigenvalue weighted by atomic mass is 9.85. The van der Waals surface area contributed by atoms with E-state index in [4.69, 9.17) is 11.6 Å². The van der Waals surface area contributed by atoms with E-state index in [0.29, 0.717) is 17.3 Å². The number of benzene rings is 1. The van der Waals surface area contributed by atoms with Crippen molar-refractivity contribution in [3.8, 4) is 5.69 Å². The molecule has 8 heteroatoms. The molecule has 1 aliphatic heterocycles. The van der Waals surface area contributed by atoms with Gasteiger partial charge < -0.3 is 10.0 Å². The molecule has 1 aliphatic carbocycles. The largest absolute Gasteiger partial charge is 0.480 e. The summed E-state index contributed by atoms with van der Waals surface area (Å²) >= 11 is 5.93. The minimum atomic E-state index is -0.952. The van der Waals surface area contributed by atoms with Crippen LogP contribution in [0.15, 0.2) is 24.3 Å². The summed E-state index contributed by atoms with van der Waals surface area (Å²) in [7, 11) is 0. The van der Waals surface area contributed by atoms with Crippen LogP contribution >= 0.6 is 11.6 Å². The van der Waals surface area contributed by atoms with Gasteiger partial charge in [-0.2, -0.15) is 0 Å². The van der Waals surface area contributed by atoms with Crippen molar-refractivity contribution in [1.29, 1.82) is 0 Å². The first-order chi connectivity index (χ1) is 13.0. The van der Waals surface area contributed by atoms with Crippen molar-refractivity contribution in [3.05, 3.63) is 40.9 Å². The average Bonchev–Trinajstić information content (AvgIpc) is 3.23. The predicted octanol–water partition coefficient (Wildman–Crippen LogP) is 3.09. The maximum Gasteiger partial charge on any atom is 0.326 e. The third-order valence-electron chi connectivity index (χ3n) is 5.64. The fraction of sp³-hybridized carbons (Fsp3) is 0.474. The van der Waals surface area contributed by atoms with Gasteiger partial charge in [0.15, 0.2) is 0 Å². The second kappa shape index (κ2) is 6.96. The highest BCUT2D eigenvalue weighted by molar-refractivity contribution is 6.30. The summed E-state index contributed by atoms with van der Waals surface area (Å²) in [6, 6.07) is 6.25. The lowest BCUT2D eigenvalue weighted by Gasteiger charge is -2.32. The Balaban J connectivity index is 1.66. The minimum absolute atomic E-state index is 0.0323. The van der Waals surface area contributed by atoms with Crippen LogP contribution in [0.25, 0.3) is 5.69 Å². The van der Waals surface area contributed by atoms with E-state index >= 15 is 0 Å². The molecule has 1 aromatic carbocycles. The van der Waals surface area contributed by atoms with Crippen molar-refractivity contribution in [2.45, 2.75) is 51.1 Å². The van der Waals surface area contributed by atoms with Crippen LogP contribution in [-0.2, 0) is 4.79 Å². The summed E-state index contributed by atoms with van der Waals surface area (Å²) in [6.07, 6.45) is 4.45. The van der Waals surface area contributed by atoms with Crippen LogP contribution in [0.1, 0.15) is 48.5 Å². The molecule has 0 bridgehead atoms. The summed E-state index contributed by atoms with van der Waals surface area (Å²) in [4.78, 5) is 30.8. The third-order valence-corrected chi connectivity index (χ3v) is 5.89. The standard InChI is InChI=1S/C19H21ClN4O3/c1-11-21-17(22-24(11)14-8-6-13(20)7-9-14)18(25)23-15-5-3-2-4-12(15)10-16(23)19(26)27/h6-9,12,15-16H,2-5,10H2,1H3,(H,26,27)/t12-,15-,16+/m1/s1. The van der Waals surface area contributed by atoms with Gasteiger partial charge in [-0.05, 0) is 56.4 Å². The van der Waals surface area contributed by atoms with E-state index in [1.54, 1.807) is 35.9 Å². The molecule has 7 nitrogen and oxygen atoms in total. The van der Waals surface area contributed by atoms with Crippen molar-refractivity contribution in [2.24, 2.45) is 5.92 Å². The summed E-state index contributed by atoms with van der Waals surface area (Å²) in [5, 5.41) is 14.6. The maximum absolute atomic E-state index is 13.2. The monoisotopic (exact) mass is 388 g/mol. The Morgan fingerprint density at radius 2 is 1.89 bits per heavy atom. The number of rotatable bonds is 3. The third kappa shape index (κ3) is 3.20. The number of carboxylic acid groups (broad SMARTS) is 1. The van der Waals surface area contributed by atoms with Crippen molar-refractivity contribution in [2.75, 3.05) is 0 Å². The lowest BCUT2D eigenvalue weighted by molar-refractivity contribution is -0.141. The molecule has 3 atom stereocenters. The highest BCUT2D eigenvalue weighted by Crippen LogP contribution is 2.40.